The Morgan fingerprint density at radius 3 is 2.69 bits per heavy atom. The highest BCUT2D eigenvalue weighted by Gasteiger charge is 2.22. The fourth-order valence-corrected chi connectivity index (χ4v) is 2.57. The molecule has 1 rings (SSSR count). The lowest BCUT2D eigenvalue weighted by Gasteiger charge is -2.26. The van der Waals surface area contributed by atoms with E-state index in [1.165, 1.54) is 7.11 Å². The first kappa shape index (κ1) is 13.8. The monoisotopic (exact) mass is 247 g/mol. The van der Waals surface area contributed by atoms with E-state index in [1.54, 1.807) is 0 Å². The second-order valence-corrected chi connectivity index (χ2v) is 5.62. The summed E-state index contributed by atoms with van der Waals surface area (Å²) in [6.45, 7) is 5.77. The molecule has 1 fully saturated rings. The zero-order chi connectivity index (χ0) is 12.0. The van der Waals surface area contributed by atoms with Crippen LogP contribution >= 0.6 is 11.8 Å². The van der Waals surface area contributed by atoms with Crippen molar-refractivity contribution < 1.29 is 14.3 Å². The van der Waals surface area contributed by atoms with Crippen molar-refractivity contribution in [3.05, 3.63) is 0 Å². The minimum atomic E-state index is -0.182. The number of thioether (sulfide) groups is 1. The minimum Gasteiger partial charge on any atom is -0.468 e. The minimum absolute atomic E-state index is 0.167. The average molecular weight is 247 g/mol. The normalized spacial score (nSPS) is 18.2. The fourth-order valence-electron chi connectivity index (χ4n) is 1.48. The van der Waals surface area contributed by atoms with Crippen LogP contribution in [0, 0.1) is 0 Å². The quantitative estimate of drug-likeness (QED) is 0.681. The highest BCUT2D eigenvalue weighted by molar-refractivity contribution is 8.00. The van der Waals surface area contributed by atoms with Crippen molar-refractivity contribution in [1.82, 2.24) is 5.32 Å². The maximum Gasteiger partial charge on any atom is 0.322 e. The molecule has 1 heterocycles. The first-order chi connectivity index (χ1) is 7.63. The molecule has 0 aliphatic carbocycles. The van der Waals surface area contributed by atoms with E-state index in [0.717, 1.165) is 25.4 Å². The van der Waals surface area contributed by atoms with E-state index in [2.05, 4.69) is 5.32 Å². The third-order valence-corrected chi connectivity index (χ3v) is 3.60. The van der Waals surface area contributed by atoms with Gasteiger partial charge in [-0.15, -0.1) is 0 Å². The van der Waals surface area contributed by atoms with E-state index in [4.69, 9.17) is 9.47 Å². The summed E-state index contributed by atoms with van der Waals surface area (Å²) in [6.07, 6.45) is 0.812. The van der Waals surface area contributed by atoms with Crippen molar-refractivity contribution in [2.24, 2.45) is 0 Å². The number of rotatable bonds is 7. The molecule has 0 radical (unpaired) electrons. The Kier molecular flexibility index (Phi) is 6.16. The summed E-state index contributed by atoms with van der Waals surface area (Å²) in [5, 5.41) is 3.84. The molecule has 5 heteroatoms. The highest BCUT2D eigenvalue weighted by Crippen LogP contribution is 2.20. The van der Waals surface area contributed by atoms with Gasteiger partial charge >= 0.3 is 5.97 Å². The summed E-state index contributed by atoms with van der Waals surface area (Å²) in [5.41, 5.74) is 0. The smallest absolute Gasteiger partial charge is 0.322 e. The number of hydrogen-bond donors (Lipinski definition) is 1. The van der Waals surface area contributed by atoms with E-state index in [0.29, 0.717) is 11.3 Å². The summed E-state index contributed by atoms with van der Waals surface area (Å²) >= 11 is 1.87. The lowest BCUT2D eigenvalue weighted by Crippen LogP contribution is -2.42. The Hall–Kier alpha value is -0.260. The molecular formula is C11H21NO3S. The summed E-state index contributed by atoms with van der Waals surface area (Å²) in [4.78, 5) is 11.5. The van der Waals surface area contributed by atoms with E-state index in [9.17, 15) is 4.79 Å². The Morgan fingerprint density at radius 2 is 2.25 bits per heavy atom. The van der Waals surface area contributed by atoms with Crippen LogP contribution in [-0.4, -0.2) is 49.4 Å². The molecule has 0 saturated carbocycles. The van der Waals surface area contributed by atoms with Gasteiger partial charge in [-0.1, -0.05) is 13.8 Å². The lowest BCUT2D eigenvalue weighted by atomic mass is 10.2. The second-order valence-electron chi connectivity index (χ2n) is 4.22. The zero-order valence-electron chi connectivity index (χ0n) is 10.2. The predicted molar refractivity (Wildman–Crippen MR) is 65.8 cm³/mol. The molecule has 4 nitrogen and oxygen atoms in total. The molecule has 1 N–H and O–H groups in total. The average Bonchev–Trinajstić information content (AvgIpc) is 2.18. The third-order valence-electron chi connectivity index (χ3n) is 2.39. The van der Waals surface area contributed by atoms with Gasteiger partial charge < -0.3 is 14.8 Å². The Morgan fingerprint density at radius 1 is 1.56 bits per heavy atom. The molecule has 0 aromatic carbocycles. The molecule has 1 saturated heterocycles. The molecule has 0 bridgehead atoms. The number of ether oxygens (including phenoxy) is 2. The van der Waals surface area contributed by atoms with Crippen LogP contribution in [-0.2, 0) is 14.3 Å². The summed E-state index contributed by atoms with van der Waals surface area (Å²) in [5.74, 6) is 0.798. The van der Waals surface area contributed by atoms with E-state index in [-0.39, 0.29) is 12.0 Å². The number of carbonyl (C=O) groups excluding carboxylic acids is 1. The first-order valence-electron chi connectivity index (χ1n) is 5.66. The summed E-state index contributed by atoms with van der Waals surface area (Å²) in [7, 11) is 1.43. The Balaban J connectivity index is 2.22. The molecule has 94 valence electrons. The van der Waals surface area contributed by atoms with Gasteiger partial charge in [-0.3, -0.25) is 4.79 Å². The molecular weight excluding hydrogens is 226 g/mol. The van der Waals surface area contributed by atoms with Crippen molar-refractivity contribution in [3.8, 4) is 0 Å². The van der Waals surface area contributed by atoms with Crippen LogP contribution in [0.5, 0.6) is 0 Å². The van der Waals surface area contributed by atoms with Crippen molar-refractivity contribution >= 4 is 17.7 Å². The number of carbonyl (C=O) groups is 1. The molecule has 0 aromatic rings. The maximum absolute atomic E-state index is 11.5. The lowest BCUT2D eigenvalue weighted by molar-refractivity contribution is -0.143. The number of methoxy groups -OCH3 is 1. The predicted octanol–water partition coefficient (Wildman–Crippen LogP) is 1.05. The molecule has 1 aliphatic heterocycles. The van der Waals surface area contributed by atoms with Gasteiger partial charge in [0.15, 0.2) is 0 Å². The number of nitrogens with one attached hydrogen (secondary N) is 1. The van der Waals surface area contributed by atoms with Gasteiger partial charge in [-0.2, -0.15) is 11.8 Å². The van der Waals surface area contributed by atoms with E-state index < -0.39 is 0 Å². The standard InChI is InChI=1S/C11H21NO3S/c1-8(2)12-10(11(13)14-3)4-5-16-9-6-15-7-9/h8-10,12H,4-7H2,1-3H3. The topological polar surface area (TPSA) is 47.6 Å². The molecule has 1 atom stereocenters. The van der Waals surface area contributed by atoms with E-state index >= 15 is 0 Å². The molecule has 0 aromatic heterocycles. The molecule has 1 unspecified atom stereocenters. The van der Waals surface area contributed by atoms with Gasteiger partial charge in [-0.05, 0) is 12.2 Å². The largest absolute Gasteiger partial charge is 0.468 e. The fraction of sp³-hybridized carbons (Fsp3) is 0.909. The van der Waals surface area contributed by atoms with Crippen molar-refractivity contribution in [3.63, 3.8) is 0 Å². The molecule has 16 heavy (non-hydrogen) atoms. The summed E-state index contributed by atoms with van der Waals surface area (Å²) < 4.78 is 9.87. The Labute approximate surface area is 101 Å². The van der Waals surface area contributed by atoms with Gasteiger partial charge in [0.05, 0.1) is 25.6 Å². The van der Waals surface area contributed by atoms with Gasteiger partial charge in [0.1, 0.15) is 6.04 Å². The third kappa shape index (κ3) is 4.72. The summed E-state index contributed by atoms with van der Waals surface area (Å²) in [6, 6.07) is 0.111. The molecule has 1 aliphatic rings. The van der Waals surface area contributed by atoms with Crippen LogP contribution in [0.15, 0.2) is 0 Å². The van der Waals surface area contributed by atoms with Crippen LogP contribution in [0.3, 0.4) is 0 Å². The van der Waals surface area contributed by atoms with Crippen LogP contribution in [0.25, 0.3) is 0 Å². The molecule has 0 amide bonds. The number of hydrogen-bond acceptors (Lipinski definition) is 5. The maximum atomic E-state index is 11.5. The van der Waals surface area contributed by atoms with Crippen LogP contribution in [0.4, 0.5) is 0 Å². The van der Waals surface area contributed by atoms with Crippen LogP contribution in [0.1, 0.15) is 20.3 Å². The van der Waals surface area contributed by atoms with E-state index in [1.807, 2.05) is 25.6 Å². The van der Waals surface area contributed by atoms with Crippen molar-refractivity contribution in [2.45, 2.75) is 37.6 Å². The van der Waals surface area contributed by atoms with Crippen LogP contribution < -0.4 is 5.32 Å². The second kappa shape index (κ2) is 7.14. The van der Waals surface area contributed by atoms with Crippen molar-refractivity contribution in [1.29, 1.82) is 0 Å². The van der Waals surface area contributed by atoms with Gasteiger partial charge in [-0.25, -0.2) is 0 Å². The van der Waals surface area contributed by atoms with Crippen LogP contribution in [0.2, 0.25) is 0 Å². The number of esters is 1. The Bertz CT molecular complexity index is 219. The van der Waals surface area contributed by atoms with Gasteiger partial charge in [0, 0.05) is 6.04 Å². The van der Waals surface area contributed by atoms with Gasteiger partial charge in [0.25, 0.3) is 0 Å². The van der Waals surface area contributed by atoms with Gasteiger partial charge in [0.2, 0.25) is 0 Å². The van der Waals surface area contributed by atoms with Crippen molar-refractivity contribution in [2.75, 3.05) is 26.1 Å². The highest BCUT2D eigenvalue weighted by atomic mass is 32.2. The zero-order valence-corrected chi connectivity index (χ0v) is 11.0. The first-order valence-corrected chi connectivity index (χ1v) is 6.71. The SMILES string of the molecule is COC(=O)C(CCSC1COC1)NC(C)C. The molecule has 0 spiro atoms.